The number of carbonyl (C=O) groups excluding carboxylic acids is 2. The Labute approximate surface area is 168 Å². The number of carbonyl (C=O) groups is 2. The van der Waals surface area contributed by atoms with Crippen LogP contribution in [0.4, 0.5) is 0 Å². The normalized spacial score (nSPS) is 10.7. The first-order chi connectivity index (χ1) is 13.1. The number of esters is 1. The molecule has 0 saturated heterocycles. The SMILES string of the molecule is C=C(C)C(=O)OCCC(=O)CCCCCCCCCCCCCCCCC. The van der Waals surface area contributed by atoms with E-state index in [1.165, 1.54) is 83.5 Å². The van der Waals surface area contributed by atoms with Crippen LogP contribution in [-0.4, -0.2) is 18.4 Å². The first-order valence-corrected chi connectivity index (χ1v) is 11.4. The van der Waals surface area contributed by atoms with Crippen LogP contribution >= 0.6 is 0 Å². The Kier molecular flexibility index (Phi) is 18.8. The highest BCUT2D eigenvalue weighted by Gasteiger charge is 2.06. The lowest BCUT2D eigenvalue weighted by molar-refractivity contribution is -0.139. The first-order valence-electron chi connectivity index (χ1n) is 11.4. The van der Waals surface area contributed by atoms with Gasteiger partial charge in [0.25, 0.3) is 0 Å². The summed E-state index contributed by atoms with van der Waals surface area (Å²) in [6.45, 7) is 7.58. The van der Waals surface area contributed by atoms with Crippen LogP contribution in [0.15, 0.2) is 12.2 Å². The topological polar surface area (TPSA) is 43.4 Å². The average molecular weight is 381 g/mol. The highest BCUT2D eigenvalue weighted by atomic mass is 16.5. The van der Waals surface area contributed by atoms with Crippen molar-refractivity contribution in [3.05, 3.63) is 12.2 Å². The molecule has 0 aliphatic rings. The highest BCUT2D eigenvalue weighted by Crippen LogP contribution is 2.14. The van der Waals surface area contributed by atoms with E-state index in [1.54, 1.807) is 6.92 Å². The Bertz CT molecular complexity index is 387. The van der Waals surface area contributed by atoms with Crippen molar-refractivity contribution in [3.8, 4) is 0 Å². The zero-order valence-electron chi connectivity index (χ0n) is 18.2. The zero-order chi connectivity index (χ0) is 20.2. The Balaban J connectivity index is 3.21. The van der Waals surface area contributed by atoms with E-state index in [0.717, 1.165) is 12.8 Å². The fraction of sp³-hybridized carbons (Fsp3) is 0.833. The smallest absolute Gasteiger partial charge is 0.333 e. The van der Waals surface area contributed by atoms with Gasteiger partial charge in [0.1, 0.15) is 5.78 Å². The number of Topliss-reactive ketones (excluding diaryl/α,β-unsaturated/α-hetero) is 1. The van der Waals surface area contributed by atoms with Crippen LogP contribution in [0, 0.1) is 0 Å². The minimum absolute atomic E-state index is 0.184. The van der Waals surface area contributed by atoms with Crippen LogP contribution < -0.4 is 0 Å². The second-order valence-corrected chi connectivity index (χ2v) is 7.90. The highest BCUT2D eigenvalue weighted by molar-refractivity contribution is 5.87. The summed E-state index contributed by atoms with van der Waals surface area (Å²) in [4.78, 5) is 22.9. The van der Waals surface area contributed by atoms with E-state index in [0.29, 0.717) is 18.4 Å². The molecule has 0 atom stereocenters. The molecular weight excluding hydrogens is 336 g/mol. The number of ketones is 1. The molecule has 0 aromatic carbocycles. The zero-order valence-corrected chi connectivity index (χ0v) is 18.2. The van der Waals surface area contributed by atoms with Crippen molar-refractivity contribution in [2.24, 2.45) is 0 Å². The minimum atomic E-state index is -0.408. The molecule has 0 radical (unpaired) electrons. The van der Waals surface area contributed by atoms with Gasteiger partial charge < -0.3 is 4.74 Å². The minimum Gasteiger partial charge on any atom is -0.462 e. The van der Waals surface area contributed by atoms with Crippen LogP contribution in [0.3, 0.4) is 0 Å². The predicted octanol–water partition coefficient (Wildman–Crippen LogP) is 7.33. The van der Waals surface area contributed by atoms with Gasteiger partial charge in [0.2, 0.25) is 0 Å². The molecule has 0 bridgehead atoms. The predicted molar refractivity (Wildman–Crippen MR) is 115 cm³/mol. The fourth-order valence-electron chi connectivity index (χ4n) is 3.20. The van der Waals surface area contributed by atoms with Gasteiger partial charge in [-0.2, -0.15) is 0 Å². The molecule has 0 N–H and O–H groups in total. The summed E-state index contributed by atoms with van der Waals surface area (Å²) in [6.07, 6.45) is 20.9. The van der Waals surface area contributed by atoms with Gasteiger partial charge in [0, 0.05) is 18.4 Å². The molecular formula is C24H44O3. The van der Waals surface area contributed by atoms with Crippen LogP contribution in [0.25, 0.3) is 0 Å². The van der Waals surface area contributed by atoms with Crippen LogP contribution in [0.2, 0.25) is 0 Å². The molecule has 0 fully saturated rings. The lowest BCUT2D eigenvalue weighted by Gasteiger charge is -2.04. The molecule has 0 spiro atoms. The second-order valence-electron chi connectivity index (χ2n) is 7.90. The third kappa shape index (κ3) is 19.4. The summed E-state index contributed by atoms with van der Waals surface area (Å²) in [5.41, 5.74) is 0.379. The lowest BCUT2D eigenvalue weighted by Crippen LogP contribution is -2.10. The number of unbranched alkanes of at least 4 members (excludes halogenated alkanes) is 14. The van der Waals surface area contributed by atoms with E-state index < -0.39 is 5.97 Å². The summed E-state index contributed by atoms with van der Waals surface area (Å²) >= 11 is 0. The van der Waals surface area contributed by atoms with E-state index >= 15 is 0 Å². The van der Waals surface area contributed by atoms with Crippen molar-refractivity contribution >= 4 is 11.8 Å². The summed E-state index contributed by atoms with van der Waals surface area (Å²) in [5, 5.41) is 0. The first kappa shape index (κ1) is 25.9. The maximum Gasteiger partial charge on any atom is 0.333 e. The molecule has 0 saturated carbocycles. The number of hydrogen-bond acceptors (Lipinski definition) is 3. The molecule has 0 aromatic rings. The Morgan fingerprint density at radius 3 is 1.48 bits per heavy atom. The van der Waals surface area contributed by atoms with Gasteiger partial charge in [-0.15, -0.1) is 0 Å². The molecule has 0 aliphatic heterocycles. The molecule has 0 rings (SSSR count). The van der Waals surface area contributed by atoms with E-state index in [4.69, 9.17) is 4.74 Å². The van der Waals surface area contributed by atoms with Gasteiger partial charge in [-0.25, -0.2) is 4.79 Å². The Hall–Kier alpha value is -1.12. The van der Waals surface area contributed by atoms with E-state index in [2.05, 4.69) is 13.5 Å². The maximum atomic E-state index is 11.7. The van der Waals surface area contributed by atoms with E-state index in [1.807, 2.05) is 0 Å². The molecule has 158 valence electrons. The van der Waals surface area contributed by atoms with Crippen molar-refractivity contribution < 1.29 is 14.3 Å². The lowest BCUT2D eigenvalue weighted by atomic mass is 10.0. The van der Waals surface area contributed by atoms with E-state index in [9.17, 15) is 9.59 Å². The Morgan fingerprint density at radius 1 is 0.667 bits per heavy atom. The number of ether oxygens (including phenoxy) is 1. The van der Waals surface area contributed by atoms with Crippen LogP contribution in [-0.2, 0) is 14.3 Å². The fourth-order valence-corrected chi connectivity index (χ4v) is 3.20. The summed E-state index contributed by atoms with van der Waals surface area (Å²) in [7, 11) is 0. The molecule has 0 aromatic heterocycles. The molecule has 0 aliphatic carbocycles. The molecule has 0 unspecified atom stereocenters. The second kappa shape index (κ2) is 19.6. The van der Waals surface area contributed by atoms with Gasteiger partial charge in [0.05, 0.1) is 6.61 Å². The summed E-state index contributed by atoms with van der Waals surface area (Å²) in [5.74, 6) is -0.214. The average Bonchev–Trinajstić information content (AvgIpc) is 2.64. The van der Waals surface area contributed by atoms with Crippen molar-refractivity contribution in [1.29, 1.82) is 0 Å². The monoisotopic (exact) mass is 380 g/mol. The summed E-state index contributed by atoms with van der Waals surface area (Å²) in [6, 6.07) is 0. The van der Waals surface area contributed by atoms with Crippen molar-refractivity contribution in [2.75, 3.05) is 6.61 Å². The third-order valence-corrected chi connectivity index (χ3v) is 5.02. The van der Waals surface area contributed by atoms with Gasteiger partial charge >= 0.3 is 5.97 Å². The quantitative estimate of drug-likeness (QED) is 0.126. The van der Waals surface area contributed by atoms with Gasteiger partial charge in [-0.1, -0.05) is 103 Å². The molecule has 27 heavy (non-hydrogen) atoms. The van der Waals surface area contributed by atoms with Crippen molar-refractivity contribution in [3.63, 3.8) is 0 Å². The van der Waals surface area contributed by atoms with Gasteiger partial charge in [-0.3, -0.25) is 4.79 Å². The largest absolute Gasteiger partial charge is 0.462 e. The standard InChI is InChI=1S/C24H44O3/c1-4-5-6-7-8-9-10-11-12-13-14-15-16-17-18-19-23(25)20-21-27-24(26)22(2)3/h2,4-21H2,1,3H3. The van der Waals surface area contributed by atoms with Gasteiger partial charge in [-0.05, 0) is 13.3 Å². The van der Waals surface area contributed by atoms with Crippen LogP contribution in [0.5, 0.6) is 0 Å². The summed E-state index contributed by atoms with van der Waals surface area (Å²) < 4.78 is 4.94. The molecule has 3 heteroatoms. The molecule has 3 nitrogen and oxygen atoms in total. The van der Waals surface area contributed by atoms with Crippen molar-refractivity contribution in [1.82, 2.24) is 0 Å². The number of hydrogen-bond donors (Lipinski definition) is 0. The third-order valence-electron chi connectivity index (χ3n) is 5.02. The van der Waals surface area contributed by atoms with Gasteiger partial charge in [0.15, 0.2) is 0 Å². The number of rotatable bonds is 20. The van der Waals surface area contributed by atoms with E-state index in [-0.39, 0.29) is 12.4 Å². The maximum absolute atomic E-state index is 11.7. The van der Waals surface area contributed by atoms with Crippen LogP contribution in [0.1, 0.15) is 123 Å². The van der Waals surface area contributed by atoms with Crippen molar-refractivity contribution in [2.45, 2.75) is 123 Å². The molecule has 0 heterocycles. The molecule has 0 amide bonds. The Morgan fingerprint density at radius 2 is 1.07 bits per heavy atom.